The third-order valence-electron chi connectivity index (χ3n) is 7.29. The smallest absolute Gasteiger partial charge is 0.244 e. The van der Waals surface area contributed by atoms with Crippen LogP contribution in [0.3, 0.4) is 0 Å². The SMILES string of the molecule is CC[C@@H](C)NC(=O)[C@@H](Cc1ccccc1)N(Cc1c(Cl)cccc1Cl)C(=O)CN(c1ccc2c(c1)OCO2)S(=O)(=O)CC. The van der Waals surface area contributed by atoms with Crippen molar-refractivity contribution in [1.29, 1.82) is 0 Å². The zero-order chi connectivity index (χ0) is 31.1. The van der Waals surface area contributed by atoms with E-state index in [9.17, 15) is 18.0 Å². The van der Waals surface area contributed by atoms with E-state index in [1.54, 1.807) is 30.3 Å². The number of amides is 2. The highest BCUT2D eigenvalue weighted by Crippen LogP contribution is 2.36. The number of carbonyl (C=O) groups excluding carboxylic acids is 2. The molecule has 0 saturated carbocycles. The Morgan fingerprint density at radius 3 is 2.28 bits per heavy atom. The number of fused-ring (bicyclic) bond motifs is 1. The summed E-state index contributed by atoms with van der Waals surface area (Å²) in [6.45, 7) is 4.64. The fraction of sp³-hybridized carbons (Fsp3) is 0.355. The second kappa shape index (κ2) is 14.3. The predicted octanol–water partition coefficient (Wildman–Crippen LogP) is 5.43. The van der Waals surface area contributed by atoms with Gasteiger partial charge in [-0.2, -0.15) is 0 Å². The Hall–Kier alpha value is -3.47. The molecule has 0 aliphatic carbocycles. The molecule has 0 fully saturated rings. The second-order valence-electron chi connectivity index (χ2n) is 10.2. The maximum Gasteiger partial charge on any atom is 0.244 e. The lowest BCUT2D eigenvalue weighted by molar-refractivity contribution is -0.140. The molecular weight excluding hydrogens is 613 g/mol. The first-order valence-corrected chi connectivity index (χ1v) is 16.4. The van der Waals surface area contributed by atoms with E-state index in [0.29, 0.717) is 33.5 Å². The van der Waals surface area contributed by atoms with Gasteiger partial charge in [0.1, 0.15) is 12.6 Å². The number of hydrogen-bond acceptors (Lipinski definition) is 6. The van der Waals surface area contributed by atoms with Crippen LogP contribution in [-0.4, -0.2) is 56.3 Å². The van der Waals surface area contributed by atoms with E-state index in [4.69, 9.17) is 32.7 Å². The van der Waals surface area contributed by atoms with E-state index in [-0.39, 0.29) is 43.1 Å². The molecule has 1 N–H and O–H groups in total. The minimum atomic E-state index is -3.94. The van der Waals surface area contributed by atoms with Crippen LogP contribution in [-0.2, 0) is 32.6 Å². The van der Waals surface area contributed by atoms with Crippen LogP contribution >= 0.6 is 23.2 Å². The van der Waals surface area contributed by atoms with Crippen molar-refractivity contribution in [3.8, 4) is 11.5 Å². The van der Waals surface area contributed by atoms with Gasteiger partial charge in [0, 0.05) is 40.7 Å². The summed E-state index contributed by atoms with van der Waals surface area (Å²) in [5.74, 6) is -0.388. The Bertz CT molecular complexity index is 1530. The van der Waals surface area contributed by atoms with Crippen molar-refractivity contribution in [2.75, 3.05) is 23.4 Å². The lowest BCUT2D eigenvalue weighted by Gasteiger charge is -2.34. The van der Waals surface area contributed by atoms with Crippen LogP contribution in [0.5, 0.6) is 11.5 Å². The third-order valence-corrected chi connectivity index (χ3v) is 9.74. The van der Waals surface area contributed by atoms with Gasteiger partial charge in [-0.15, -0.1) is 0 Å². The quantitative estimate of drug-likeness (QED) is 0.265. The van der Waals surface area contributed by atoms with Crippen LogP contribution in [0.4, 0.5) is 5.69 Å². The number of ether oxygens (including phenoxy) is 2. The molecule has 0 spiro atoms. The van der Waals surface area contributed by atoms with Crippen molar-refractivity contribution >= 4 is 50.7 Å². The maximum atomic E-state index is 14.3. The molecule has 0 saturated heterocycles. The monoisotopic (exact) mass is 647 g/mol. The first-order chi connectivity index (χ1) is 20.5. The number of halogens is 2. The number of anilines is 1. The van der Waals surface area contributed by atoms with Crippen LogP contribution < -0.4 is 19.1 Å². The highest BCUT2D eigenvalue weighted by molar-refractivity contribution is 7.92. The molecule has 0 unspecified atom stereocenters. The van der Waals surface area contributed by atoms with Crippen LogP contribution in [0.25, 0.3) is 0 Å². The van der Waals surface area contributed by atoms with Gasteiger partial charge in [0.05, 0.1) is 11.4 Å². The van der Waals surface area contributed by atoms with E-state index in [0.717, 1.165) is 9.87 Å². The van der Waals surface area contributed by atoms with Crippen LogP contribution in [0.2, 0.25) is 10.0 Å². The van der Waals surface area contributed by atoms with Crippen LogP contribution in [0, 0.1) is 0 Å². The Morgan fingerprint density at radius 1 is 0.953 bits per heavy atom. The Labute approximate surface area is 262 Å². The van der Waals surface area contributed by atoms with Gasteiger partial charge in [0.25, 0.3) is 0 Å². The first kappa shape index (κ1) is 32.4. The van der Waals surface area contributed by atoms with E-state index in [1.807, 2.05) is 44.2 Å². The zero-order valence-electron chi connectivity index (χ0n) is 24.3. The van der Waals surface area contributed by atoms with E-state index in [2.05, 4.69) is 5.32 Å². The Morgan fingerprint density at radius 2 is 1.63 bits per heavy atom. The average Bonchev–Trinajstić information content (AvgIpc) is 3.47. The van der Waals surface area contributed by atoms with Crippen LogP contribution in [0.15, 0.2) is 66.7 Å². The fourth-order valence-electron chi connectivity index (χ4n) is 4.61. The summed E-state index contributed by atoms with van der Waals surface area (Å²) in [5, 5.41) is 3.63. The molecule has 2 amide bonds. The molecule has 230 valence electrons. The predicted molar refractivity (Wildman–Crippen MR) is 168 cm³/mol. The normalized spacial score (nSPS) is 13.7. The molecular formula is C31H35Cl2N3O6S. The molecule has 9 nitrogen and oxygen atoms in total. The zero-order valence-corrected chi connectivity index (χ0v) is 26.6. The number of nitrogens with one attached hydrogen (secondary N) is 1. The molecule has 3 aromatic carbocycles. The van der Waals surface area contributed by atoms with Crippen molar-refractivity contribution in [3.63, 3.8) is 0 Å². The molecule has 0 aromatic heterocycles. The van der Waals surface area contributed by atoms with Gasteiger partial charge >= 0.3 is 0 Å². The largest absolute Gasteiger partial charge is 0.454 e. The molecule has 12 heteroatoms. The molecule has 4 rings (SSSR count). The summed E-state index contributed by atoms with van der Waals surface area (Å²) in [5.41, 5.74) is 1.50. The third kappa shape index (κ3) is 7.93. The van der Waals surface area contributed by atoms with Gasteiger partial charge in [-0.05, 0) is 50.1 Å². The molecule has 1 heterocycles. The van der Waals surface area contributed by atoms with Crippen LogP contribution in [0.1, 0.15) is 38.3 Å². The molecule has 0 bridgehead atoms. The van der Waals surface area contributed by atoms with Gasteiger partial charge in [-0.1, -0.05) is 66.5 Å². The summed E-state index contributed by atoms with van der Waals surface area (Å²) in [7, 11) is -3.94. The Kier molecular flexibility index (Phi) is 10.8. The number of nitrogens with zero attached hydrogens (tertiary/aromatic N) is 2. The number of rotatable bonds is 13. The van der Waals surface area contributed by atoms with Gasteiger partial charge in [0.2, 0.25) is 28.6 Å². The molecule has 2 atom stereocenters. The molecule has 43 heavy (non-hydrogen) atoms. The number of sulfonamides is 1. The van der Waals surface area contributed by atoms with Gasteiger partial charge in [-0.3, -0.25) is 13.9 Å². The summed E-state index contributed by atoms with van der Waals surface area (Å²) in [6, 6.07) is 17.8. The van der Waals surface area contributed by atoms with Gasteiger partial charge in [0.15, 0.2) is 11.5 Å². The molecule has 3 aromatic rings. The molecule has 0 radical (unpaired) electrons. The Balaban J connectivity index is 1.78. The van der Waals surface area contributed by atoms with E-state index in [1.165, 1.54) is 17.9 Å². The highest BCUT2D eigenvalue weighted by atomic mass is 35.5. The lowest BCUT2D eigenvalue weighted by Crippen LogP contribution is -2.54. The second-order valence-corrected chi connectivity index (χ2v) is 13.2. The van der Waals surface area contributed by atoms with Crippen molar-refractivity contribution in [3.05, 3.63) is 87.9 Å². The minimum Gasteiger partial charge on any atom is -0.454 e. The summed E-state index contributed by atoms with van der Waals surface area (Å²) < 4.78 is 38.6. The number of benzene rings is 3. The van der Waals surface area contributed by atoms with Crippen molar-refractivity contribution in [2.45, 2.75) is 52.2 Å². The van der Waals surface area contributed by atoms with E-state index >= 15 is 0 Å². The lowest BCUT2D eigenvalue weighted by atomic mass is 10.0. The molecule has 1 aliphatic rings. The highest BCUT2D eigenvalue weighted by Gasteiger charge is 2.35. The summed E-state index contributed by atoms with van der Waals surface area (Å²) in [6.07, 6.45) is 0.863. The topological polar surface area (TPSA) is 105 Å². The van der Waals surface area contributed by atoms with E-state index < -0.39 is 28.5 Å². The maximum absolute atomic E-state index is 14.3. The minimum absolute atomic E-state index is 0.0110. The van der Waals surface area contributed by atoms with Gasteiger partial charge < -0.3 is 19.7 Å². The van der Waals surface area contributed by atoms with Crippen molar-refractivity contribution in [2.24, 2.45) is 0 Å². The number of carbonyl (C=O) groups is 2. The summed E-state index contributed by atoms with van der Waals surface area (Å²) in [4.78, 5) is 29.5. The molecule has 1 aliphatic heterocycles. The average molecular weight is 649 g/mol. The fourth-order valence-corrected chi connectivity index (χ4v) is 6.18. The van der Waals surface area contributed by atoms with Crippen molar-refractivity contribution < 1.29 is 27.5 Å². The van der Waals surface area contributed by atoms with Gasteiger partial charge in [-0.25, -0.2) is 8.42 Å². The number of hydrogen-bond donors (Lipinski definition) is 1. The standard InChI is InChI=1S/C31H35Cl2N3O6S/c1-4-21(3)34-31(38)27(16-22-10-7-6-8-11-22)35(18-24-25(32)12-9-13-26(24)33)30(37)19-36(43(39,40)5-2)23-14-15-28-29(17-23)42-20-41-28/h6-15,17,21,27H,4-5,16,18-20H2,1-3H3,(H,34,38)/t21-,27-/m1/s1. The first-order valence-electron chi connectivity index (χ1n) is 14.0. The van der Waals surface area contributed by atoms with Crippen molar-refractivity contribution in [1.82, 2.24) is 10.2 Å². The summed E-state index contributed by atoms with van der Waals surface area (Å²) >= 11 is 13.1.